The molecule has 6 heteroatoms. The van der Waals surface area contributed by atoms with Crippen molar-refractivity contribution in [1.29, 1.82) is 0 Å². The first-order valence-electron chi connectivity index (χ1n) is 9.78. The molecule has 31 heavy (non-hydrogen) atoms. The van der Waals surface area contributed by atoms with Crippen LogP contribution in [0, 0.1) is 0 Å². The smallest absolute Gasteiger partial charge is 0.280 e. The molecule has 156 valence electrons. The van der Waals surface area contributed by atoms with Crippen molar-refractivity contribution in [2.24, 2.45) is 5.10 Å². The van der Waals surface area contributed by atoms with Gasteiger partial charge < -0.3 is 9.47 Å². The van der Waals surface area contributed by atoms with Crippen molar-refractivity contribution in [3.8, 4) is 11.5 Å². The highest BCUT2D eigenvalue weighted by molar-refractivity contribution is 6.32. The normalized spacial score (nSPS) is 14.7. The summed E-state index contributed by atoms with van der Waals surface area (Å²) in [5, 5.41) is 6.52. The van der Waals surface area contributed by atoms with Gasteiger partial charge in [-0.2, -0.15) is 10.1 Å². The Morgan fingerprint density at radius 1 is 1.00 bits per heavy atom. The lowest BCUT2D eigenvalue weighted by atomic mass is 10.1. The molecular weight excluding hydrogens is 412 g/mol. The van der Waals surface area contributed by atoms with Gasteiger partial charge in [0.15, 0.2) is 11.5 Å². The number of hydrogen-bond donors (Lipinski definition) is 0. The maximum absolute atomic E-state index is 13.1. The summed E-state index contributed by atoms with van der Waals surface area (Å²) < 4.78 is 11.6. The molecule has 1 aliphatic rings. The SMILES string of the molecule is COc1cccc(/C=C2\C(=O)N(c3ccccc3)N=C2C)c1OCc1ccc(Cl)cc1. The fourth-order valence-corrected chi connectivity index (χ4v) is 3.41. The summed E-state index contributed by atoms with van der Waals surface area (Å²) in [6.45, 7) is 2.16. The highest BCUT2D eigenvalue weighted by Gasteiger charge is 2.29. The first kappa shape index (κ1) is 20.7. The molecule has 0 N–H and O–H groups in total. The molecule has 0 unspecified atom stereocenters. The number of amides is 1. The highest BCUT2D eigenvalue weighted by atomic mass is 35.5. The lowest BCUT2D eigenvalue weighted by Crippen LogP contribution is -2.21. The Kier molecular flexibility index (Phi) is 6.05. The molecule has 1 aliphatic heterocycles. The summed E-state index contributed by atoms with van der Waals surface area (Å²) in [6, 6.07) is 22.4. The second kappa shape index (κ2) is 9.06. The second-order valence-electron chi connectivity index (χ2n) is 6.99. The van der Waals surface area contributed by atoms with Crippen LogP contribution in [0.1, 0.15) is 18.1 Å². The summed E-state index contributed by atoms with van der Waals surface area (Å²) in [5.74, 6) is 0.963. The van der Waals surface area contributed by atoms with Gasteiger partial charge in [0.05, 0.1) is 24.1 Å². The van der Waals surface area contributed by atoms with Crippen molar-refractivity contribution in [2.75, 3.05) is 12.1 Å². The minimum Gasteiger partial charge on any atom is -0.493 e. The van der Waals surface area contributed by atoms with E-state index in [1.54, 1.807) is 13.2 Å². The molecule has 0 bridgehead atoms. The number of nitrogens with zero attached hydrogens (tertiary/aromatic N) is 2. The van der Waals surface area contributed by atoms with Crippen LogP contribution in [0.2, 0.25) is 5.02 Å². The summed E-state index contributed by atoms with van der Waals surface area (Å²) >= 11 is 5.96. The lowest BCUT2D eigenvalue weighted by molar-refractivity contribution is -0.114. The zero-order valence-corrected chi connectivity index (χ0v) is 18.0. The summed E-state index contributed by atoms with van der Waals surface area (Å²) in [5.41, 5.74) is 3.58. The molecule has 3 aromatic carbocycles. The van der Waals surface area contributed by atoms with E-state index in [-0.39, 0.29) is 5.91 Å². The summed E-state index contributed by atoms with van der Waals surface area (Å²) in [6.07, 6.45) is 1.80. The minimum absolute atomic E-state index is 0.185. The fraction of sp³-hybridized carbons (Fsp3) is 0.120. The van der Waals surface area contributed by atoms with Gasteiger partial charge in [0.25, 0.3) is 5.91 Å². The first-order chi connectivity index (χ1) is 15.1. The molecule has 1 amide bonds. The van der Waals surface area contributed by atoms with Gasteiger partial charge in [-0.3, -0.25) is 4.79 Å². The van der Waals surface area contributed by atoms with E-state index >= 15 is 0 Å². The second-order valence-corrected chi connectivity index (χ2v) is 7.43. The van der Waals surface area contributed by atoms with E-state index in [0.29, 0.717) is 34.4 Å². The fourth-order valence-electron chi connectivity index (χ4n) is 3.28. The Balaban J connectivity index is 1.65. The van der Waals surface area contributed by atoms with E-state index in [2.05, 4.69) is 5.10 Å². The molecule has 0 aromatic heterocycles. The largest absolute Gasteiger partial charge is 0.493 e. The van der Waals surface area contributed by atoms with E-state index in [4.69, 9.17) is 21.1 Å². The summed E-state index contributed by atoms with van der Waals surface area (Å²) in [7, 11) is 1.59. The van der Waals surface area contributed by atoms with Gasteiger partial charge in [0.1, 0.15) is 6.61 Å². The monoisotopic (exact) mass is 432 g/mol. The Morgan fingerprint density at radius 3 is 2.45 bits per heavy atom. The van der Waals surface area contributed by atoms with Gasteiger partial charge in [-0.1, -0.05) is 54.1 Å². The Morgan fingerprint density at radius 2 is 1.74 bits per heavy atom. The molecule has 0 aliphatic carbocycles. The number of halogens is 1. The molecule has 0 saturated heterocycles. The maximum Gasteiger partial charge on any atom is 0.280 e. The van der Waals surface area contributed by atoms with Crippen LogP contribution >= 0.6 is 11.6 Å². The van der Waals surface area contributed by atoms with Gasteiger partial charge in [0.2, 0.25) is 0 Å². The molecule has 1 heterocycles. The molecule has 0 radical (unpaired) electrons. The third-order valence-electron chi connectivity index (χ3n) is 4.89. The number of benzene rings is 3. The van der Waals surface area contributed by atoms with Gasteiger partial charge in [-0.05, 0) is 48.9 Å². The molecule has 0 saturated carbocycles. The van der Waals surface area contributed by atoms with Crippen molar-refractivity contribution in [2.45, 2.75) is 13.5 Å². The molecular formula is C25H21ClN2O3. The third kappa shape index (κ3) is 4.47. The number of rotatable bonds is 6. The van der Waals surface area contributed by atoms with E-state index in [1.165, 1.54) is 5.01 Å². The van der Waals surface area contributed by atoms with Crippen molar-refractivity contribution in [3.63, 3.8) is 0 Å². The number of para-hydroxylation sites is 2. The van der Waals surface area contributed by atoms with Crippen molar-refractivity contribution < 1.29 is 14.3 Å². The molecule has 0 fully saturated rings. The zero-order chi connectivity index (χ0) is 21.8. The van der Waals surface area contributed by atoms with E-state index < -0.39 is 0 Å². The highest BCUT2D eigenvalue weighted by Crippen LogP contribution is 2.35. The van der Waals surface area contributed by atoms with Gasteiger partial charge in [-0.15, -0.1) is 0 Å². The Labute approximate surface area is 186 Å². The van der Waals surface area contributed by atoms with E-state index in [0.717, 1.165) is 16.8 Å². The third-order valence-corrected chi connectivity index (χ3v) is 5.14. The average Bonchev–Trinajstić information content (AvgIpc) is 3.08. The predicted molar refractivity (Wildman–Crippen MR) is 124 cm³/mol. The van der Waals surface area contributed by atoms with Gasteiger partial charge in [-0.25, -0.2) is 0 Å². The van der Waals surface area contributed by atoms with Crippen molar-refractivity contribution in [1.82, 2.24) is 0 Å². The molecule has 0 atom stereocenters. The number of anilines is 1. The van der Waals surface area contributed by atoms with Crippen LogP contribution in [0.3, 0.4) is 0 Å². The number of ether oxygens (including phenoxy) is 2. The van der Waals surface area contributed by atoms with Crippen LogP contribution in [0.25, 0.3) is 6.08 Å². The number of hydrogen-bond acceptors (Lipinski definition) is 4. The molecule has 3 aromatic rings. The first-order valence-corrected chi connectivity index (χ1v) is 10.2. The van der Waals surface area contributed by atoms with Crippen molar-refractivity contribution >= 4 is 35.0 Å². The van der Waals surface area contributed by atoms with Crippen molar-refractivity contribution in [3.05, 3.63) is 94.5 Å². The molecule has 5 nitrogen and oxygen atoms in total. The van der Waals surface area contributed by atoms with Crippen LogP contribution in [0.5, 0.6) is 11.5 Å². The number of carbonyl (C=O) groups excluding carboxylic acids is 1. The quantitative estimate of drug-likeness (QED) is 0.467. The van der Waals surface area contributed by atoms with E-state index in [9.17, 15) is 4.79 Å². The van der Waals surface area contributed by atoms with Crippen LogP contribution in [0.15, 0.2) is 83.5 Å². The lowest BCUT2D eigenvalue weighted by Gasteiger charge is -2.14. The molecule has 4 rings (SSSR count). The topological polar surface area (TPSA) is 51.1 Å². The van der Waals surface area contributed by atoms with Crippen LogP contribution in [-0.2, 0) is 11.4 Å². The average molecular weight is 433 g/mol. The predicted octanol–water partition coefficient (Wildman–Crippen LogP) is 5.73. The summed E-state index contributed by atoms with van der Waals surface area (Å²) in [4.78, 5) is 13.1. The van der Waals surface area contributed by atoms with Gasteiger partial charge >= 0.3 is 0 Å². The van der Waals surface area contributed by atoms with Crippen LogP contribution in [-0.4, -0.2) is 18.7 Å². The van der Waals surface area contributed by atoms with Crippen LogP contribution < -0.4 is 14.5 Å². The van der Waals surface area contributed by atoms with Crippen LogP contribution in [0.4, 0.5) is 5.69 Å². The Bertz CT molecular complexity index is 1160. The van der Waals surface area contributed by atoms with Gasteiger partial charge in [0, 0.05) is 10.6 Å². The Hall–Kier alpha value is -3.57. The molecule has 0 spiro atoms. The zero-order valence-electron chi connectivity index (χ0n) is 17.2. The number of hydrazone groups is 1. The standard InChI is InChI=1S/C25H21ClN2O3/c1-17-22(25(29)28(27-17)21-8-4-3-5-9-21)15-19-7-6-10-23(30-2)24(19)31-16-18-11-13-20(26)14-12-18/h3-15H,16H2,1-2H3/b22-15-. The number of carbonyl (C=O) groups is 1. The van der Waals surface area contributed by atoms with E-state index in [1.807, 2.05) is 79.7 Å². The minimum atomic E-state index is -0.185. The maximum atomic E-state index is 13.1. The number of methoxy groups -OCH3 is 1.